The van der Waals surface area contributed by atoms with Gasteiger partial charge in [-0.2, -0.15) is 11.8 Å². The van der Waals surface area contributed by atoms with E-state index in [4.69, 9.17) is 4.74 Å². The molecule has 0 spiro atoms. The molecular formula is C16H22N2O3S. The molecular weight excluding hydrogens is 300 g/mol. The third-order valence-electron chi connectivity index (χ3n) is 4.49. The monoisotopic (exact) mass is 322 g/mol. The highest BCUT2D eigenvalue weighted by atomic mass is 32.2. The van der Waals surface area contributed by atoms with Gasteiger partial charge in [0.2, 0.25) is 0 Å². The molecule has 1 aromatic carbocycles. The summed E-state index contributed by atoms with van der Waals surface area (Å²) in [4.78, 5) is 14.8. The maximum Gasteiger partial charge on any atom is 0.255 e. The summed E-state index contributed by atoms with van der Waals surface area (Å²) in [6.07, 6.45) is 1.08. The van der Waals surface area contributed by atoms with E-state index in [0.717, 1.165) is 44.2 Å². The molecule has 1 amide bonds. The Morgan fingerprint density at radius 2 is 2.14 bits per heavy atom. The van der Waals surface area contributed by atoms with Gasteiger partial charge in [0.25, 0.3) is 5.91 Å². The van der Waals surface area contributed by atoms with Crippen molar-refractivity contribution in [2.75, 3.05) is 44.4 Å². The first-order valence-electron chi connectivity index (χ1n) is 7.68. The number of ether oxygens (including phenoxy) is 1. The highest BCUT2D eigenvalue weighted by Crippen LogP contribution is 2.33. The van der Waals surface area contributed by atoms with Crippen LogP contribution in [0.2, 0.25) is 0 Å². The lowest BCUT2D eigenvalue weighted by Gasteiger charge is -2.43. The first-order chi connectivity index (χ1) is 10.7. The van der Waals surface area contributed by atoms with Crippen LogP contribution < -0.4 is 5.32 Å². The Balaban J connectivity index is 1.67. The molecule has 2 N–H and O–H groups in total. The maximum atomic E-state index is 12.3. The summed E-state index contributed by atoms with van der Waals surface area (Å²) in [7, 11) is 0. The number of rotatable bonds is 4. The summed E-state index contributed by atoms with van der Waals surface area (Å²) in [5.41, 5.74) is 0.361. The first-order valence-corrected chi connectivity index (χ1v) is 8.83. The van der Waals surface area contributed by atoms with E-state index in [9.17, 15) is 9.90 Å². The topological polar surface area (TPSA) is 61.8 Å². The van der Waals surface area contributed by atoms with Gasteiger partial charge in [-0.25, -0.2) is 0 Å². The summed E-state index contributed by atoms with van der Waals surface area (Å²) in [6, 6.07) is 6.67. The van der Waals surface area contributed by atoms with Gasteiger partial charge in [0.05, 0.1) is 18.8 Å². The lowest BCUT2D eigenvalue weighted by molar-refractivity contribution is -0.0129. The minimum Gasteiger partial charge on any atom is -0.507 e. The van der Waals surface area contributed by atoms with Crippen LogP contribution in [0.4, 0.5) is 0 Å². The fraction of sp³-hybridized carbons (Fsp3) is 0.562. The number of carbonyl (C=O) groups is 1. The van der Waals surface area contributed by atoms with Crippen molar-refractivity contribution < 1.29 is 14.6 Å². The van der Waals surface area contributed by atoms with Crippen LogP contribution in [0.15, 0.2) is 24.3 Å². The van der Waals surface area contributed by atoms with Gasteiger partial charge in [0.1, 0.15) is 5.75 Å². The fourth-order valence-electron chi connectivity index (χ4n) is 3.14. The minimum atomic E-state index is -0.206. The molecule has 22 heavy (non-hydrogen) atoms. The second-order valence-corrected chi connectivity index (χ2v) is 6.93. The Morgan fingerprint density at radius 1 is 1.36 bits per heavy atom. The maximum absolute atomic E-state index is 12.3. The molecule has 5 nitrogen and oxygen atoms in total. The number of nitrogens with zero attached hydrogens (tertiary/aromatic N) is 1. The zero-order valence-electron chi connectivity index (χ0n) is 12.6. The van der Waals surface area contributed by atoms with E-state index in [-0.39, 0.29) is 17.2 Å². The van der Waals surface area contributed by atoms with Crippen molar-refractivity contribution in [2.24, 2.45) is 0 Å². The van der Waals surface area contributed by atoms with Crippen molar-refractivity contribution in [3.8, 4) is 5.75 Å². The SMILES string of the molecule is O=C(NCC1(N2CCOCC2)CCSC1)c1ccccc1O. The Bertz CT molecular complexity index is 526. The number of benzene rings is 1. The molecule has 2 aliphatic heterocycles. The number of aromatic hydroxyl groups is 1. The van der Waals surface area contributed by atoms with E-state index in [1.807, 2.05) is 11.8 Å². The molecule has 0 bridgehead atoms. The van der Waals surface area contributed by atoms with Crippen LogP contribution in [0.1, 0.15) is 16.8 Å². The molecule has 0 radical (unpaired) electrons. The number of amides is 1. The molecule has 0 aliphatic carbocycles. The smallest absolute Gasteiger partial charge is 0.255 e. The molecule has 1 unspecified atom stereocenters. The van der Waals surface area contributed by atoms with E-state index >= 15 is 0 Å². The standard InChI is InChI=1S/C16H22N2O3S/c19-14-4-2-1-3-13(14)15(20)17-11-16(5-10-22-12-16)18-6-8-21-9-7-18/h1-4,19H,5-12H2,(H,17,20). The third-order valence-corrected chi connectivity index (χ3v) is 5.73. The number of phenolic OH excluding ortho intramolecular Hbond substituents is 1. The van der Waals surface area contributed by atoms with E-state index in [2.05, 4.69) is 10.2 Å². The van der Waals surface area contributed by atoms with Crippen molar-refractivity contribution in [1.82, 2.24) is 10.2 Å². The highest BCUT2D eigenvalue weighted by Gasteiger charge is 2.40. The zero-order chi connectivity index (χ0) is 15.4. The number of thioether (sulfide) groups is 1. The number of nitrogens with one attached hydrogen (secondary N) is 1. The summed E-state index contributed by atoms with van der Waals surface area (Å²) in [5.74, 6) is 1.99. The van der Waals surface area contributed by atoms with Crippen LogP contribution in [0, 0.1) is 0 Å². The zero-order valence-corrected chi connectivity index (χ0v) is 13.4. The molecule has 2 fully saturated rings. The Hall–Kier alpha value is -1.24. The van der Waals surface area contributed by atoms with Gasteiger partial charge >= 0.3 is 0 Å². The molecule has 0 aromatic heterocycles. The fourth-order valence-corrected chi connectivity index (χ4v) is 4.62. The molecule has 0 saturated carbocycles. The number of hydrogen-bond acceptors (Lipinski definition) is 5. The second kappa shape index (κ2) is 6.89. The van der Waals surface area contributed by atoms with Crippen LogP contribution in [-0.4, -0.2) is 65.8 Å². The number of hydrogen-bond donors (Lipinski definition) is 2. The van der Waals surface area contributed by atoms with Crippen molar-refractivity contribution in [3.05, 3.63) is 29.8 Å². The van der Waals surface area contributed by atoms with Crippen molar-refractivity contribution in [1.29, 1.82) is 0 Å². The molecule has 2 saturated heterocycles. The van der Waals surface area contributed by atoms with Crippen LogP contribution >= 0.6 is 11.8 Å². The van der Waals surface area contributed by atoms with E-state index in [0.29, 0.717) is 12.1 Å². The summed E-state index contributed by atoms with van der Waals surface area (Å²) in [6.45, 7) is 3.99. The second-order valence-electron chi connectivity index (χ2n) is 5.83. The average molecular weight is 322 g/mol. The quantitative estimate of drug-likeness (QED) is 0.876. The average Bonchev–Trinajstić information content (AvgIpc) is 3.04. The van der Waals surface area contributed by atoms with Crippen molar-refractivity contribution in [2.45, 2.75) is 12.0 Å². The summed E-state index contributed by atoms with van der Waals surface area (Å²) in [5, 5.41) is 12.8. The third kappa shape index (κ3) is 3.24. The van der Waals surface area contributed by atoms with Crippen LogP contribution in [0.5, 0.6) is 5.75 Å². The first kappa shape index (κ1) is 15.6. The molecule has 2 heterocycles. The Labute approximate surface area is 135 Å². The molecule has 2 aliphatic rings. The van der Waals surface area contributed by atoms with Gasteiger partial charge in [-0.15, -0.1) is 0 Å². The Kier molecular flexibility index (Phi) is 4.90. The summed E-state index contributed by atoms with van der Waals surface area (Å²) < 4.78 is 5.45. The number of phenols is 1. The van der Waals surface area contributed by atoms with Gasteiger partial charge in [0.15, 0.2) is 0 Å². The highest BCUT2D eigenvalue weighted by molar-refractivity contribution is 7.99. The molecule has 1 aromatic rings. The lowest BCUT2D eigenvalue weighted by atomic mass is 9.95. The predicted molar refractivity (Wildman–Crippen MR) is 87.5 cm³/mol. The van der Waals surface area contributed by atoms with Gasteiger partial charge in [-0.1, -0.05) is 12.1 Å². The van der Waals surface area contributed by atoms with E-state index in [1.165, 1.54) is 6.07 Å². The number of morpholine rings is 1. The van der Waals surface area contributed by atoms with Crippen LogP contribution in [0.25, 0.3) is 0 Å². The number of para-hydroxylation sites is 1. The molecule has 120 valence electrons. The molecule has 3 rings (SSSR count). The Morgan fingerprint density at radius 3 is 2.82 bits per heavy atom. The van der Waals surface area contributed by atoms with Gasteiger partial charge < -0.3 is 15.2 Å². The molecule has 1 atom stereocenters. The van der Waals surface area contributed by atoms with Crippen LogP contribution in [-0.2, 0) is 4.74 Å². The van der Waals surface area contributed by atoms with Gasteiger partial charge in [-0.05, 0) is 24.3 Å². The normalized spacial score (nSPS) is 26.0. The van der Waals surface area contributed by atoms with Crippen molar-refractivity contribution >= 4 is 17.7 Å². The minimum absolute atomic E-state index is 0.0223. The summed E-state index contributed by atoms with van der Waals surface area (Å²) >= 11 is 1.94. The van der Waals surface area contributed by atoms with E-state index < -0.39 is 0 Å². The predicted octanol–water partition coefficient (Wildman–Crippen LogP) is 1.33. The van der Waals surface area contributed by atoms with E-state index in [1.54, 1.807) is 18.2 Å². The van der Waals surface area contributed by atoms with Crippen molar-refractivity contribution in [3.63, 3.8) is 0 Å². The molecule has 6 heteroatoms. The van der Waals surface area contributed by atoms with Crippen LogP contribution in [0.3, 0.4) is 0 Å². The number of carbonyl (C=O) groups excluding carboxylic acids is 1. The lowest BCUT2D eigenvalue weighted by Crippen LogP contribution is -2.59. The largest absolute Gasteiger partial charge is 0.507 e. The van der Waals surface area contributed by atoms with Gasteiger partial charge in [0, 0.05) is 30.9 Å². The van der Waals surface area contributed by atoms with Gasteiger partial charge in [-0.3, -0.25) is 9.69 Å².